The Bertz CT molecular complexity index is 512. The molecule has 1 N–H and O–H groups in total. The lowest BCUT2D eigenvalue weighted by Crippen LogP contribution is -2.24. The molecule has 0 spiro atoms. The number of halogens is 2. The van der Waals surface area contributed by atoms with Crippen LogP contribution in [0.5, 0.6) is 0 Å². The van der Waals surface area contributed by atoms with E-state index in [1.54, 1.807) is 0 Å². The Kier molecular flexibility index (Phi) is 4.68. The predicted octanol–water partition coefficient (Wildman–Crippen LogP) is 3.57. The number of terminal acetylenes is 1. The maximum Gasteiger partial charge on any atom is 0.293 e. The van der Waals surface area contributed by atoms with Gasteiger partial charge in [0, 0.05) is 12.1 Å². The van der Waals surface area contributed by atoms with E-state index in [9.17, 15) is 14.5 Å². The normalized spacial score (nSPS) is 12.0. The van der Waals surface area contributed by atoms with Gasteiger partial charge in [-0.05, 0) is 21.8 Å². The van der Waals surface area contributed by atoms with Crippen LogP contribution < -0.4 is 5.32 Å². The molecule has 0 amide bonds. The van der Waals surface area contributed by atoms with Gasteiger partial charge in [-0.3, -0.25) is 10.1 Å². The van der Waals surface area contributed by atoms with Crippen molar-refractivity contribution in [2.24, 2.45) is 5.92 Å². The Balaban J connectivity index is 3.19. The van der Waals surface area contributed by atoms with Crippen molar-refractivity contribution >= 4 is 27.3 Å². The standard InChI is InChI=1S/C12H12BrFN2O2/c1-4-10(7(2)3)15-11-6-9(14)8(13)5-12(11)16(17)18/h1,5-7,10,15H,2-3H3. The molecular formula is C12H12BrFN2O2. The predicted molar refractivity (Wildman–Crippen MR) is 71.8 cm³/mol. The minimum absolute atomic E-state index is 0.0431. The molecule has 0 saturated heterocycles. The van der Waals surface area contributed by atoms with E-state index in [1.165, 1.54) is 0 Å². The second-order valence-electron chi connectivity index (χ2n) is 4.07. The van der Waals surface area contributed by atoms with Crippen LogP contribution in [0.3, 0.4) is 0 Å². The Labute approximate surface area is 113 Å². The van der Waals surface area contributed by atoms with Crippen LogP contribution in [-0.2, 0) is 0 Å². The fourth-order valence-electron chi connectivity index (χ4n) is 1.37. The summed E-state index contributed by atoms with van der Waals surface area (Å²) in [4.78, 5) is 10.3. The maximum atomic E-state index is 13.4. The molecule has 96 valence electrons. The number of benzene rings is 1. The van der Waals surface area contributed by atoms with Gasteiger partial charge in [-0.2, -0.15) is 0 Å². The number of rotatable bonds is 4. The third-order valence-electron chi connectivity index (χ3n) is 2.39. The van der Waals surface area contributed by atoms with Gasteiger partial charge in [0.15, 0.2) is 0 Å². The van der Waals surface area contributed by atoms with Gasteiger partial charge in [0.25, 0.3) is 5.69 Å². The van der Waals surface area contributed by atoms with Gasteiger partial charge in [-0.15, -0.1) is 6.42 Å². The molecule has 0 bridgehead atoms. The quantitative estimate of drug-likeness (QED) is 0.525. The van der Waals surface area contributed by atoms with Crippen LogP contribution in [0.2, 0.25) is 0 Å². The van der Waals surface area contributed by atoms with E-state index in [4.69, 9.17) is 6.42 Å². The van der Waals surface area contributed by atoms with Crippen LogP contribution in [0.1, 0.15) is 13.8 Å². The zero-order valence-electron chi connectivity index (χ0n) is 9.91. The maximum absolute atomic E-state index is 13.4. The zero-order valence-corrected chi connectivity index (χ0v) is 11.5. The summed E-state index contributed by atoms with van der Waals surface area (Å²) in [7, 11) is 0. The molecule has 0 aliphatic rings. The van der Waals surface area contributed by atoms with E-state index >= 15 is 0 Å². The molecule has 4 nitrogen and oxygen atoms in total. The van der Waals surface area contributed by atoms with E-state index in [0.717, 1.165) is 12.1 Å². The van der Waals surface area contributed by atoms with Gasteiger partial charge in [-0.25, -0.2) is 4.39 Å². The van der Waals surface area contributed by atoms with E-state index in [2.05, 4.69) is 27.2 Å². The van der Waals surface area contributed by atoms with Crippen molar-refractivity contribution in [3.05, 3.63) is 32.5 Å². The molecule has 0 heterocycles. The van der Waals surface area contributed by atoms with Gasteiger partial charge in [0.2, 0.25) is 0 Å². The first-order valence-corrected chi connectivity index (χ1v) is 6.02. The second kappa shape index (κ2) is 5.83. The molecule has 18 heavy (non-hydrogen) atoms. The molecule has 0 aromatic heterocycles. The average Bonchev–Trinajstić information content (AvgIpc) is 2.29. The van der Waals surface area contributed by atoms with Gasteiger partial charge in [-0.1, -0.05) is 19.8 Å². The summed E-state index contributed by atoms with van der Waals surface area (Å²) in [6.07, 6.45) is 5.33. The summed E-state index contributed by atoms with van der Waals surface area (Å²) < 4.78 is 13.5. The SMILES string of the molecule is C#CC(Nc1cc(F)c(Br)cc1[N+](=O)[O-])C(C)C. The molecule has 1 unspecified atom stereocenters. The third kappa shape index (κ3) is 3.20. The zero-order chi connectivity index (χ0) is 13.9. The van der Waals surface area contributed by atoms with Gasteiger partial charge in [0.05, 0.1) is 15.4 Å². The Morgan fingerprint density at radius 3 is 2.61 bits per heavy atom. The molecule has 0 saturated carbocycles. The molecule has 0 radical (unpaired) electrons. The monoisotopic (exact) mass is 314 g/mol. The molecule has 0 aliphatic carbocycles. The number of nitrogens with one attached hydrogen (secondary N) is 1. The Hall–Kier alpha value is -1.61. The van der Waals surface area contributed by atoms with Crippen molar-refractivity contribution in [2.45, 2.75) is 19.9 Å². The van der Waals surface area contributed by atoms with E-state index < -0.39 is 16.8 Å². The highest BCUT2D eigenvalue weighted by Crippen LogP contribution is 2.31. The molecule has 0 fully saturated rings. The minimum atomic E-state index is -0.583. The lowest BCUT2D eigenvalue weighted by molar-refractivity contribution is -0.384. The molecular weight excluding hydrogens is 303 g/mol. The van der Waals surface area contributed by atoms with Crippen LogP contribution in [-0.4, -0.2) is 11.0 Å². The van der Waals surface area contributed by atoms with Gasteiger partial charge >= 0.3 is 0 Å². The number of anilines is 1. The van der Waals surface area contributed by atoms with Crippen LogP contribution in [0.4, 0.5) is 15.8 Å². The second-order valence-corrected chi connectivity index (χ2v) is 4.93. The first-order chi connectivity index (χ1) is 8.36. The first-order valence-electron chi connectivity index (χ1n) is 5.23. The Morgan fingerprint density at radius 1 is 1.56 bits per heavy atom. The summed E-state index contributed by atoms with van der Waals surface area (Å²) in [6.45, 7) is 3.75. The first kappa shape index (κ1) is 14.5. The molecule has 1 rings (SSSR count). The Morgan fingerprint density at radius 2 is 2.17 bits per heavy atom. The van der Waals surface area contributed by atoms with E-state index in [1.807, 2.05) is 13.8 Å². The van der Waals surface area contributed by atoms with Crippen molar-refractivity contribution in [3.63, 3.8) is 0 Å². The summed E-state index contributed by atoms with van der Waals surface area (Å²) in [5, 5.41) is 13.7. The lowest BCUT2D eigenvalue weighted by Gasteiger charge is -2.18. The highest BCUT2D eigenvalue weighted by atomic mass is 79.9. The smallest absolute Gasteiger partial charge is 0.293 e. The molecule has 1 aromatic carbocycles. The topological polar surface area (TPSA) is 55.2 Å². The fourth-order valence-corrected chi connectivity index (χ4v) is 1.70. The largest absolute Gasteiger partial charge is 0.366 e. The van der Waals surface area contributed by atoms with E-state index in [0.29, 0.717) is 0 Å². The van der Waals surface area contributed by atoms with Crippen LogP contribution in [0.15, 0.2) is 16.6 Å². The molecule has 6 heteroatoms. The minimum Gasteiger partial charge on any atom is -0.366 e. The van der Waals surface area contributed by atoms with Crippen LogP contribution in [0.25, 0.3) is 0 Å². The van der Waals surface area contributed by atoms with Gasteiger partial charge in [0.1, 0.15) is 11.5 Å². The van der Waals surface area contributed by atoms with Crippen molar-refractivity contribution in [1.29, 1.82) is 0 Å². The lowest BCUT2D eigenvalue weighted by atomic mass is 10.0. The fraction of sp³-hybridized carbons (Fsp3) is 0.333. The van der Waals surface area contributed by atoms with Crippen molar-refractivity contribution in [1.82, 2.24) is 0 Å². The molecule has 0 aliphatic heterocycles. The summed E-state index contributed by atoms with van der Waals surface area (Å²) in [5.41, 5.74) is -0.137. The molecule has 1 aromatic rings. The number of nitro groups is 1. The highest BCUT2D eigenvalue weighted by Gasteiger charge is 2.20. The molecule has 1 atom stereocenters. The van der Waals surface area contributed by atoms with Gasteiger partial charge < -0.3 is 5.32 Å². The number of nitrogens with zero attached hydrogens (tertiary/aromatic N) is 1. The van der Waals surface area contributed by atoms with Crippen LogP contribution in [0, 0.1) is 34.2 Å². The van der Waals surface area contributed by atoms with E-state index in [-0.39, 0.29) is 21.8 Å². The third-order valence-corrected chi connectivity index (χ3v) is 3.00. The summed E-state index contributed by atoms with van der Waals surface area (Å²) in [5.74, 6) is 1.97. The van der Waals surface area contributed by atoms with Crippen LogP contribution >= 0.6 is 15.9 Å². The number of hydrogen-bond donors (Lipinski definition) is 1. The van der Waals surface area contributed by atoms with Crippen molar-refractivity contribution in [3.8, 4) is 12.3 Å². The summed E-state index contributed by atoms with van der Waals surface area (Å²) in [6, 6.07) is 1.78. The van der Waals surface area contributed by atoms with Crippen molar-refractivity contribution in [2.75, 3.05) is 5.32 Å². The number of nitro benzene ring substituents is 1. The van der Waals surface area contributed by atoms with Crippen molar-refractivity contribution < 1.29 is 9.31 Å². The highest BCUT2D eigenvalue weighted by molar-refractivity contribution is 9.10. The number of hydrogen-bond acceptors (Lipinski definition) is 3. The average molecular weight is 315 g/mol. The summed E-state index contributed by atoms with van der Waals surface area (Å²) >= 11 is 2.91.